The molecule has 1 aromatic carbocycles. The minimum absolute atomic E-state index is 0.150. The van der Waals surface area contributed by atoms with Crippen LogP contribution >= 0.6 is 0 Å². The van der Waals surface area contributed by atoms with E-state index >= 15 is 0 Å². The fraction of sp³-hybridized carbons (Fsp3) is 0.263. The van der Waals surface area contributed by atoms with Crippen LogP contribution in [-0.4, -0.2) is 29.1 Å². The van der Waals surface area contributed by atoms with E-state index in [2.05, 4.69) is 20.8 Å². The van der Waals surface area contributed by atoms with Crippen molar-refractivity contribution in [2.75, 3.05) is 11.9 Å². The highest BCUT2D eigenvalue weighted by Gasteiger charge is 2.27. The van der Waals surface area contributed by atoms with Crippen molar-refractivity contribution in [3.63, 3.8) is 0 Å². The van der Waals surface area contributed by atoms with Gasteiger partial charge in [-0.25, -0.2) is 4.98 Å². The molecule has 0 fully saturated rings. The maximum absolute atomic E-state index is 12.1. The summed E-state index contributed by atoms with van der Waals surface area (Å²) < 4.78 is 0. The Bertz CT molecular complexity index is 821. The number of nitrogens with zero attached hydrogens (tertiary/aromatic N) is 2. The number of anilines is 1. The van der Waals surface area contributed by atoms with Gasteiger partial charge in [0, 0.05) is 25.1 Å². The van der Waals surface area contributed by atoms with Gasteiger partial charge in [0.25, 0.3) is 5.91 Å². The van der Waals surface area contributed by atoms with Crippen molar-refractivity contribution in [2.24, 2.45) is 5.16 Å². The summed E-state index contributed by atoms with van der Waals surface area (Å²) >= 11 is 0. The Balaban J connectivity index is 1.41. The summed E-state index contributed by atoms with van der Waals surface area (Å²) in [5.74, 6) is -0.0271. The topological polar surface area (TPSA) is 92.7 Å². The van der Waals surface area contributed by atoms with Crippen LogP contribution in [0.4, 0.5) is 5.82 Å². The van der Waals surface area contributed by atoms with Crippen molar-refractivity contribution < 1.29 is 14.4 Å². The van der Waals surface area contributed by atoms with Gasteiger partial charge < -0.3 is 15.5 Å². The molecule has 26 heavy (non-hydrogen) atoms. The molecule has 0 saturated carbocycles. The molecule has 0 aliphatic carbocycles. The van der Waals surface area contributed by atoms with Crippen LogP contribution in [0.1, 0.15) is 30.2 Å². The normalized spacial score (nSPS) is 15.7. The highest BCUT2D eigenvalue weighted by Crippen LogP contribution is 2.26. The zero-order chi connectivity index (χ0) is 18.4. The molecule has 1 aliphatic heterocycles. The van der Waals surface area contributed by atoms with E-state index in [0.29, 0.717) is 18.0 Å². The van der Waals surface area contributed by atoms with E-state index in [9.17, 15) is 9.59 Å². The summed E-state index contributed by atoms with van der Waals surface area (Å²) in [6.45, 7) is 2.06. The molecule has 1 atom stereocenters. The van der Waals surface area contributed by atoms with Crippen molar-refractivity contribution >= 4 is 23.3 Å². The number of oxime groups is 1. The van der Waals surface area contributed by atoms with Crippen molar-refractivity contribution in [1.82, 2.24) is 10.3 Å². The highest BCUT2D eigenvalue weighted by molar-refractivity contribution is 6.39. The second-order valence-electron chi connectivity index (χ2n) is 5.97. The number of aromatic nitrogens is 1. The van der Waals surface area contributed by atoms with E-state index in [1.54, 1.807) is 6.07 Å². The van der Waals surface area contributed by atoms with Crippen LogP contribution < -0.4 is 10.6 Å². The number of benzene rings is 1. The van der Waals surface area contributed by atoms with Crippen LogP contribution in [0, 0.1) is 6.92 Å². The molecule has 1 aromatic heterocycles. The molecule has 2 heterocycles. The minimum atomic E-state index is -0.315. The maximum Gasteiger partial charge on any atom is 0.269 e. The molecule has 0 radical (unpaired) electrons. The number of nitrogens with one attached hydrogen (secondary N) is 2. The molecule has 7 heteroatoms. The van der Waals surface area contributed by atoms with E-state index < -0.39 is 0 Å². The van der Waals surface area contributed by atoms with Crippen LogP contribution in [-0.2, 0) is 14.4 Å². The van der Waals surface area contributed by atoms with Crippen LogP contribution in [0.5, 0.6) is 0 Å². The summed E-state index contributed by atoms with van der Waals surface area (Å²) in [7, 11) is 0. The summed E-state index contributed by atoms with van der Waals surface area (Å²) in [6.07, 6.45) is 0.319. The number of pyridine rings is 1. The van der Waals surface area contributed by atoms with Gasteiger partial charge >= 0.3 is 0 Å². The standard InChI is InChI=1S/C19H20N4O3/c1-13-6-5-9-17(21-13)22-18(24)10-11-20-19(25)15-12-16(26-23-15)14-7-3-2-4-8-14/h2-9,16H,10-12H2,1H3,(H,20,25)(H,21,22,24)/t16-/m1/s1. The van der Waals surface area contributed by atoms with Gasteiger partial charge in [-0.1, -0.05) is 41.6 Å². The number of aryl methyl sites for hydroxylation is 1. The van der Waals surface area contributed by atoms with Gasteiger partial charge in [-0.05, 0) is 24.6 Å². The smallest absolute Gasteiger partial charge is 0.269 e. The number of hydrogen-bond donors (Lipinski definition) is 2. The molecule has 2 aromatic rings. The molecule has 3 rings (SSSR count). The first kappa shape index (κ1) is 17.6. The molecule has 2 N–H and O–H groups in total. The van der Waals surface area contributed by atoms with Gasteiger partial charge in [-0.2, -0.15) is 0 Å². The van der Waals surface area contributed by atoms with Crippen molar-refractivity contribution in [1.29, 1.82) is 0 Å². The molecule has 7 nitrogen and oxygen atoms in total. The lowest BCUT2D eigenvalue weighted by Crippen LogP contribution is -2.33. The van der Waals surface area contributed by atoms with Gasteiger partial charge in [0.15, 0.2) is 6.10 Å². The lowest BCUT2D eigenvalue weighted by molar-refractivity contribution is -0.116. The molecule has 0 unspecified atom stereocenters. The van der Waals surface area contributed by atoms with E-state index in [0.717, 1.165) is 11.3 Å². The Labute approximate surface area is 151 Å². The first-order valence-corrected chi connectivity index (χ1v) is 8.41. The second kappa shape index (κ2) is 8.24. The van der Waals surface area contributed by atoms with Gasteiger partial charge in [0.1, 0.15) is 11.5 Å². The SMILES string of the molecule is Cc1cccc(NC(=O)CCNC(=O)C2=NO[C@@H](c3ccccc3)C2)n1. The Hall–Kier alpha value is -3.22. The molecule has 2 amide bonds. The molecular weight excluding hydrogens is 332 g/mol. The number of amides is 2. The molecule has 0 saturated heterocycles. The average molecular weight is 352 g/mol. The van der Waals surface area contributed by atoms with E-state index in [1.165, 1.54) is 0 Å². The average Bonchev–Trinajstić information content (AvgIpc) is 3.12. The summed E-state index contributed by atoms with van der Waals surface area (Å²) in [6, 6.07) is 15.0. The largest absolute Gasteiger partial charge is 0.387 e. The molecular formula is C19H20N4O3. The third-order valence-corrected chi connectivity index (χ3v) is 3.90. The number of carbonyl (C=O) groups excluding carboxylic acids is 2. The van der Waals surface area contributed by atoms with Crippen LogP contribution in [0.3, 0.4) is 0 Å². The first-order valence-electron chi connectivity index (χ1n) is 8.41. The van der Waals surface area contributed by atoms with Crippen molar-refractivity contribution in [2.45, 2.75) is 25.9 Å². The first-order chi connectivity index (χ1) is 12.6. The zero-order valence-corrected chi connectivity index (χ0v) is 14.4. The van der Waals surface area contributed by atoms with Gasteiger partial charge in [-0.15, -0.1) is 0 Å². The van der Waals surface area contributed by atoms with Crippen molar-refractivity contribution in [3.8, 4) is 0 Å². The molecule has 1 aliphatic rings. The van der Waals surface area contributed by atoms with Crippen molar-refractivity contribution in [3.05, 3.63) is 59.8 Å². The number of carbonyl (C=O) groups is 2. The monoisotopic (exact) mass is 352 g/mol. The van der Waals surface area contributed by atoms with E-state index in [1.807, 2.05) is 49.4 Å². The Morgan fingerprint density at radius 1 is 1.15 bits per heavy atom. The lowest BCUT2D eigenvalue weighted by Gasteiger charge is -2.08. The second-order valence-corrected chi connectivity index (χ2v) is 5.97. The fourth-order valence-electron chi connectivity index (χ4n) is 2.57. The van der Waals surface area contributed by atoms with Crippen LogP contribution in [0.2, 0.25) is 0 Å². The molecule has 0 bridgehead atoms. The Kier molecular flexibility index (Phi) is 5.58. The summed E-state index contributed by atoms with van der Waals surface area (Å²) in [4.78, 5) is 33.6. The summed E-state index contributed by atoms with van der Waals surface area (Å²) in [5, 5.41) is 9.25. The predicted octanol–water partition coefficient (Wildman–Crippen LogP) is 2.35. The highest BCUT2D eigenvalue weighted by atomic mass is 16.6. The maximum atomic E-state index is 12.1. The predicted molar refractivity (Wildman–Crippen MR) is 97.6 cm³/mol. The quantitative estimate of drug-likeness (QED) is 0.835. The van der Waals surface area contributed by atoms with Gasteiger partial charge in [0.2, 0.25) is 5.91 Å². The van der Waals surface area contributed by atoms with E-state index in [-0.39, 0.29) is 30.9 Å². The number of hydrogen-bond acceptors (Lipinski definition) is 5. The molecule has 0 spiro atoms. The minimum Gasteiger partial charge on any atom is -0.387 e. The van der Waals surface area contributed by atoms with E-state index in [4.69, 9.17) is 4.84 Å². The lowest BCUT2D eigenvalue weighted by atomic mass is 10.0. The van der Waals surface area contributed by atoms with Gasteiger partial charge in [0.05, 0.1) is 0 Å². The third-order valence-electron chi connectivity index (χ3n) is 3.90. The zero-order valence-electron chi connectivity index (χ0n) is 14.4. The summed E-state index contributed by atoms with van der Waals surface area (Å²) in [5.41, 5.74) is 2.13. The number of rotatable bonds is 6. The van der Waals surface area contributed by atoms with Crippen LogP contribution in [0.25, 0.3) is 0 Å². The Morgan fingerprint density at radius 3 is 2.73 bits per heavy atom. The fourth-order valence-corrected chi connectivity index (χ4v) is 2.57. The molecule has 134 valence electrons. The van der Waals surface area contributed by atoms with Crippen LogP contribution in [0.15, 0.2) is 53.7 Å². The Morgan fingerprint density at radius 2 is 1.96 bits per heavy atom. The third kappa shape index (κ3) is 4.66. The van der Waals surface area contributed by atoms with Gasteiger partial charge in [-0.3, -0.25) is 9.59 Å².